The highest BCUT2D eigenvalue weighted by atomic mass is 16.1. The van der Waals surface area contributed by atoms with Gasteiger partial charge in [-0.1, -0.05) is 18.2 Å². The average Bonchev–Trinajstić information content (AvgIpc) is 3.15. The summed E-state index contributed by atoms with van der Waals surface area (Å²) in [7, 11) is 0. The predicted molar refractivity (Wildman–Crippen MR) is 93.6 cm³/mol. The van der Waals surface area contributed by atoms with Crippen molar-refractivity contribution < 1.29 is 4.79 Å². The van der Waals surface area contributed by atoms with E-state index in [-0.39, 0.29) is 5.91 Å². The number of hydrogen-bond acceptors (Lipinski definition) is 3. The first-order chi connectivity index (χ1) is 11.5. The number of carbonyl (C=O) groups excluding carboxylic acids is 1. The molecule has 0 spiro atoms. The Morgan fingerprint density at radius 3 is 2.62 bits per heavy atom. The molecule has 3 aromatic rings. The van der Waals surface area contributed by atoms with E-state index >= 15 is 0 Å². The Balaban J connectivity index is 1.85. The van der Waals surface area contributed by atoms with Crippen LogP contribution in [0.2, 0.25) is 0 Å². The third-order valence-electron chi connectivity index (χ3n) is 4.13. The number of aryl methyl sites for hydroxylation is 3. The van der Waals surface area contributed by atoms with E-state index in [2.05, 4.69) is 15.5 Å². The average molecular weight is 323 g/mol. The monoisotopic (exact) mass is 323 g/mol. The lowest BCUT2D eigenvalue weighted by Gasteiger charge is -2.05. The summed E-state index contributed by atoms with van der Waals surface area (Å²) in [6, 6.07) is 7.93. The maximum absolute atomic E-state index is 12.5. The maximum Gasteiger partial charge on any atom is 0.258 e. The number of benzene rings is 1. The fraction of sp³-hybridized carbons (Fsp3) is 0.278. The molecule has 0 aliphatic heterocycles. The van der Waals surface area contributed by atoms with Gasteiger partial charge in [-0.3, -0.25) is 9.48 Å². The lowest BCUT2D eigenvalue weighted by Crippen LogP contribution is -2.12. The molecule has 0 radical (unpaired) electrons. The molecule has 0 unspecified atom stereocenters. The van der Waals surface area contributed by atoms with E-state index in [1.807, 2.05) is 56.6 Å². The summed E-state index contributed by atoms with van der Waals surface area (Å²) in [5.74, 6) is -0.184. The van der Waals surface area contributed by atoms with E-state index in [4.69, 9.17) is 0 Å². The summed E-state index contributed by atoms with van der Waals surface area (Å²) in [6.45, 7) is 8.66. The second-order valence-corrected chi connectivity index (χ2v) is 5.78. The van der Waals surface area contributed by atoms with Gasteiger partial charge in [0.25, 0.3) is 5.91 Å². The van der Waals surface area contributed by atoms with Gasteiger partial charge in [0.1, 0.15) is 0 Å². The zero-order chi connectivity index (χ0) is 17.3. The Morgan fingerprint density at radius 2 is 1.96 bits per heavy atom. The van der Waals surface area contributed by atoms with Crippen LogP contribution in [0.5, 0.6) is 0 Å². The molecule has 0 atom stereocenters. The zero-order valence-electron chi connectivity index (χ0n) is 14.4. The number of hydrogen-bond donors (Lipinski definition) is 1. The standard InChI is InChI=1S/C18H21N5O/c1-5-22-14(4)17(13(3)21-22)20-18(24)15-10-19-23(11-15)16-9-7-6-8-12(16)2/h6-11H,5H2,1-4H3,(H,20,24). The first-order valence-corrected chi connectivity index (χ1v) is 7.97. The minimum absolute atomic E-state index is 0.184. The Hall–Kier alpha value is -2.89. The van der Waals surface area contributed by atoms with Gasteiger partial charge in [-0.25, -0.2) is 4.68 Å². The van der Waals surface area contributed by atoms with Gasteiger partial charge in [-0.05, 0) is 39.3 Å². The number of anilines is 1. The van der Waals surface area contributed by atoms with Crippen LogP contribution >= 0.6 is 0 Å². The highest BCUT2D eigenvalue weighted by molar-refractivity contribution is 6.04. The number of nitrogens with zero attached hydrogens (tertiary/aromatic N) is 4. The first kappa shape index (κ1) is 16.0. The lowest BCUT2D eigenvalue weighted by atomic mass is 10.2. The van der Waals surface area contributed by atoms with Gasteiger partial charge >= 0.3 is 0 Å². The number of amides is 1. The van der Waals surface area contributed by atoms with E-state index in [0.717, 1.165) is 34.9 Å². The van der Waals surface area contributed by atoms with Crippen LogP contribution in [-0.2, 0) is 6.54 Å². The molecule has 3 rings (SSSR count). The summed E-state index contributed by atoms with van der Waals surface area (Å²) in [6.07, 6.45) is 3.32. The van der Waals surface area contributed by atoms with Crippen LogP contribution in [0.15, 0.2) is 36.7 Å². The van der Waals surface area contributed by atoms with E-state index < -0.39 is 0 Å². The van der Waals surface area contributed by atoms with Crippen LogP contribution in [-0.4, -0.2) is 25.5 Å². The van der Waals surface area contributed by atoms with Crippen LogP contribution in [0.25, 0.3) is 5.69 Å². The SMILES string of the molecule is CCn1nc(C)c(NC(=O)c2cnn(-c3ccccc3C)c2)c1C. The Kier molecular flexibility index (Phi) is 4.20. The minimum atomic E-state index is -0.184. The molecule has 0 saturated heterocycles. The molecular formula is C18H21N5O. The quantitative estimate of drug-likeness (QED) is 0.801. The normalized spacial score (nSPS) is 10.8. The second-order valence-electron chi connectivity index (χ2n) is 5.78. The van der Waals surface area contributed by atoms with Crippen LogP contribution in [0.4, 0.5) is 5.69 Å². The van der Waals surface area contributed by atoms with Crippen molar-refractivity contribution in [1.82, 2.24) is 19.6 Å². The Bertz CT molecular complexity index is 891. The highest BCUT2D eigenvalue weighted by Crippen LogP contribution is 2.20. The molecule has 0 saturated carbocycles. The molecule has 0 aliphatic rings. The van der Waals surface area contributed by atoms with E-state index in [1.54, 1.807) is 17.1 Å². The molecule has 2 heterocycles. The zero-order valence-corrected chi connectivity index (χ0v) is 14.4. The van der Waals surface area contributed by atoms with E-state index in [9.17, 15) is 4.79 Å². The molecular weight excluding hydrogens is 302 g/mol. The molecule has 0 aliphatic carbocycles. The van der Waals surface area contributed by atoms with Crippen molar-refractivity contribution >= 4 is 11.6 Å². The summed E-state index contributed by atoms with van der Waals surface area (Å²) >= 11 is 0. The second kappa shape index (κ2) is 6.31. The summed E-state index contributed by atoms with van der Waals surface area (Å²) < 4.78 is 3.60. The van der Waals surface area contributed by atoms with E-state index in [0.29, 0.717) is 5.56 Å². The lowest BCUT2D eigenvalue weighted by molar-refractivity contribution is 0.102. The summed E-state index contributed by atoms with van der Waals surface area (Å²) in [4.78, 5) is 12.5. The van der Waals surface area contributed by atoms with E-state index in [1.165, 1.54) is 0 Å². The molecule has 24 heavy (non-hydrogen) atoms. The molecule has 0 bridgehead atoms. The molecule has 2 aromatic heterocycles. The van der Waals surface area contributed by atoms with Crippen molar-refractivity contribution in [2.24, 2.45) is 0 Å². The predicted octanol–water partition coefficient (Wildman–Crippen LogP) is 3.27. The number of nitrogens with one attached hydrogen (secondary N) is 1. The fourth-order valence-electron chi connectivity index (χ4n) is 2.76. The fourth-order valence-corrected chi connectivity index (χ4v) is 2.76. The largest absolute Gasteiger partial charge is 0.319 e. The van der Waals surface area contributed by atoms with Crippen molar-refractivity contribution in [3.8, 4) is 5.69 Å². The molecule has 1 amide bonds. The number of rotatable bonds is 4. The topological polar surface area (TPSA) is 64.7 Å². The van der Waals surface area contributed by atoms with Crippen LogP contribution in [0.1, 0.15) is 34.2 Å². The molecule has 124 valence electrons. The third kappa shape index (κ3) is 2.82. The van der Waals surface area contributed by atoms with Gasteiger partial charge in [0.05, 0.1) is 34.5 Å². The Morgan fingerprint density at radius 1 is 1.21 bits per heavy atom. The summed E-state index contributed by atoms with van der Waals surface area (Å²) in [5, 5.41) is 11.7. The van der Waals surface area contributed by atoms with Crippen molar-refractivity contribution in [3.05, 3.63) is 59.2 Å². The number of aromatic nitrogens is 4. The molecule has 0 fully saturated rings. The first-order valence-electron chi connectivity index (χ1n) is 7.97. The van der Waals surface area contributed by atoms with Crippen molar-refractivity contribution in [1.29, 1.82) is 0 Å². The van der Waals surface area contributed by atoms with Gasteiger partial charge in [-0.2, -0.15) is 10.2 Å². The molecule has 1 N–H and O–H groups in total. The van der Waals surface area contributed by atoms with Gasteiger partial charge in [-0.15, -0.1) is 0 Å². The highest BCUT2D eigenvalue weighted by Gasteiger charge is 2.16. The van der Waals surface area contributed by atoms with Crippen LogP contribution in [0.3, 0.4) is 0 Å². The maximum atomic E-state index is 12.5. The van der Waals surface area contributed by atoms with Crippen molar-refractivity contribution in [2.75, 3.05) is 5.32 Å². The van der Waals surface area contributed by atoms with Crippen LogP contribution in [0, 0.1) is 20.8 Å². The van der Waals surface area contributed by atoms with Crippen molar-refractivity contribution in [3.63, 3.8) is 0 Å². The minimum Gasteiger partial charge on any atom is -0.319 e. The number of para-hydroxylation sites is 1. The summed E-state index contributed by atoms with van der Waals surface area (Å²) in [5.41, 5.74) is 5.11. The Labute approximate surface area is 141 Å². The molecule has 6 heteroatoms. The van der Waals surface area contributed by atoms with Gasteiger partial charge < -0.3 is 5.32 Å². The van der Waals surface area contributed by atoms with Crippen molar-refractivity contribution in [2.45, 2.75) is 34.2 Å². The van der Waals surface area contributed by atoms with Crippen LogP contribution < -0.4 is 5.32 Å². The van der Waals surface area contributed by atoms with Gasteiger partial charge in [0.2, 0.25) is 0 Å². The smallest absolute Gasteiger partial charge is 0.258 e. The van der Waals surface area contributed by atoms with Gasteiger partial charge in [0.15, 0.2) is 0 Å². The molecule has 1 aromatic carbocycles. The van der Waals surface area contributed by atoms with Gasteiger partial charge in [0, 0.05) is 12.7 Å². The third-order valence-corrected chi connectivity index (χ3v) is 4.13. The number of carbonyl (C=O) groups is 1. The molecule has 6 nitrogen and oxygen atoms in total.